The zero-order valence-electron chi connectivity index (χ0n) is 19.5. The largest absolute Gasteiger partial charge is 0.497 e. The van der Waals surface area contributed by atoms with Crippen molar-refractivity contribution in [3.63, 3.8) is 0 Å². The van der Waals surface area contributed by atoms with Gasteiger partial charge < -0.3 is 20.1 Å². The lowest BCUT2D eigenvalue weighted by molar-refractivity contribution is 0.196. The highest BCUT2D eigenvalue weighted by Gasteiger charge is 2.30. The molecule has 32 heavy (non-hydrogen) atoms. The Morgan fingerprint density at radius 1 is 1.16 bits per heavy atom. The van der Waals surface area contributed by atoms with Crippen molar-refractivity contribution in [2.24, 2.45) is 0 Å². The Labute approximate surface area is 188 Å². The Hall–Kier alpha value is -3.39. The molecule has 8 nitrogen and oxygen atoms in total. The highest BCUT2D eigenvalue weighted by molar-refractivity contribution is 6.04. The van der Waals surface area contributed by atoms with E-state index in [0.29, 0.717) is 23.1 Å². The van der Waals surface area contributed by atoms with Crippen LogP contribution in [0.25, 0.3) is 22.0 Å². The van der Waals surface area contributed by atoms with Crippen LogP contribution in [0.3, 0.4) is 0 Å². The third kappa shape index (κ3) is 5.26. The Morgan fingerprint density at radius 3 is 2.53 bits per heavy atom. The molecule has 2 aromatic carbocycles. The van der Waals surface area contributed by atoms with Crippen molar-refractivity contribution in [2.45, 2.75) is 26.3 Å². The number of likely N-dealkylation sites (N-methyl/N-ethyl adjacent to an activating group) is 1. The number of benzene rings is 2. The lowest BCUT2D eigenvalue weighted by atomic mass is 9.98. The molecule has 0 unspecified atom stereocenters. The quantitative estimate of drug-likeness (QED) is 0.560. The molecule has 3 aromatic rings. The van der Waals surface area contributed by atoms with Crippen molar-refractivity contribution in [1.29, 1.82) is 0 Å². The van der Waals surface area contributed by atoms with E-state index in [1.54, 1.807) is 13.3 Å². The number of rotatable bonds is 7. The molecule has 1 amide bonds. The highest BCUT2D eigenvalue weighted by Crippen LogP contribution is 2.37. The number of nitrogens with one attached hydrogen (secondary N) is 1. The molecule has 0 saturated carbocycles. The van der Waals surface area contributed by atoms with Crippen LogP contribution in [0.2, 0.25) is 0 Å². The molecule has 1 aromatic heterocycles. The van der Waals surface area contributed by atoms with Crippen LogP contribution >= 0.6 is 0 Å². The van der Waals surface area contributed by atoms with Crippen molar-refractivity contribution in [1.82, 2.24) is 14.9 Å². The van der Waals surface area contributed by atoms with E-state index in [4.69, 9.17) is 4.74 Å². The number of hydrogen-bond acceptors (Lipinski definition) is 6. The molecule has 0 atom stereocenters. The van der Waals surface area contributed by atoms with Crippen LogP contribution in [0.1, 0.15) is 20.8 Å². The summed E-state index contributed by atoms with van der Waals surface area (Å²) in [5.74, 6) is 1.20. The molecule has 170 valence electrons. The number of ether oxygens (including phenoxy) is 1. The van der Waals surface area contributed by atoms with E-state index in [1.807, 2.05) is 71.3 Å². The molecule has 0 aliphatic heterocycles. The van der Waals surface area contributed by atoms with Gasteiger partial charge in [-0.2, -0.15) is 0 Å². The minimum Gasteiger partial charge on any atom is -0.497 e. The first-order valence-electron chi connectivity index (χ1n) is 10.5. The van der Waals surface area contributed by atoms with Crippen LogP contribution in [0.4, 0.5) is 16.4 Å². The van der Waals surface area contributed by atoms with Gasteiger partial charge in [-0.1, -0.05) is 6.07 Å². The summed E-state index contributed by atoms with van der Waals surface area (Å²) >= 11 is 0. The van der Waals surface area contributed by atoms with Gasteiger partial charge in [-0.3, -0.25) is 4.90 Å². The number of nitrogens with zero attached hydrogens (tertiary/aromatic N) is 4. The Bertz CT molecular complexity index is 1110. The molecule has 0 spiro atoms. The SMILES string of the molecule is COc1ccc2cc(-c3ccnc(NCCN(C)C)n3)cc(N(C(=O)O)C(C)(C)C)c2c1. The molecule has 0 saturated heterocycles. The van der Waals surface area contributed by atoms with Crippen molar-refractivity contribution in [2.75, 3.05) is 44.5 Å². The van der Waals surface area contributed by atoms with Gasteiger partial charge in [-0.15, -0.1) is 0 Å². The topological polar surface area (TPSA) is 90.8 Å². The van der Waals surface area contributed by atoms with Crippen LogP contribution in [-0.2, 0) is 0 Å². The molecule has 0 aliphatic carbocycles. The number of aromatic nitrogens is 2. The fourth-order valence-corrected chi connectivity index (χ4v) is 3.52. The number of anilines is 2. The summed E-state index contributed by atoms with van der Waals surface area (Å²) in [6.45, 7) is 7.19. The van der Waals surface area contributed by atoms with Gasteiger partial charge in [0.15, 0.2) is 0 Å². The number of carboxylic acid groups (broad SMARTS) is 1. The maximum absolute atomic E-state index is 12.3. The molecular formula is C24H31N5O3. The van der Waals surface area contributed by atoms with Crippen molar-refractivity contribution in [3.05, 3.63) is 42.6 Å². The first kappa shape index (κ1) is 23.3. The smallest absolute Gasteiger partial charge is 0.412 e. The molecular weight excluding hydrogens is 406 g/mol. The Balaban J connectivity index is 2.14. The van der Waals surface area contributed by atoms with Gasteiger partial charge in [-0.05, 0) is 70.6 Å². The first-order valence-corrected chi connectivity index (χ1v) is 10.5. The molecule has 0 bridgehead atoms. The maximum atomic E-state index is 12.3. The molecule has 3 rings (SSSR count). The number of fused-ring (bicyclic) bond motifs is 1. The normalized spacial score (nSPS) is 11.6. The number of methoxy groups -OCH3 is 1. The van der Waals surface area contributed by atoms with E-state index in [9.17, 15) is 9.90 Å². The standard InChI is InChI=1S/C24H31N5O3/c1-24(2,3)29(23(30)31)21-14-17(13-16-7-8-18(32-6)15-19(16)21)20-9-10-25-22(27-20)26-11-12-28(4)5/h7-10,13-15H,11-12H2,1-6H3,(H,30,31)(H,25,26,27). The molecule has 0 aliphatic rings. The van der Waals surface area contributed by atoms with Gasteiger partial charge >= 0.3 is 6.09 Å². The number of hydrogen-bond donors (Lipinski definition) is 2. The lowest BCUT2D eigenvalue weighted by Crippen LogP contribution is -2.45. The Kier molecular flexibility index (Phi) is 6.84. The second-order valence-corrected chi connectivity index (χ2v) is 8.87. The molecule has 0 radical (unpaired) electrons. The maximum Gasteiger partial charge on any atom is 0.412 e. The summed E-state index contributed by atoms with van der Waals surface area (Å²) in [5, 5.41) is 15.0. The van der Waals surface area contributed by atoms with E-state index >= 15 is 0 Å². The average Bonchev–Trinajstić information content (AvgIpc) is 2.72. The Morgan fingerprint density at radius 2 is 1.91 bits per heavy atom. The van der Waals surface area contributed by atoms with Crippen molar-refractivity contribution < 1.29 is 14.6 Å². The minimum atomic E-state index is -1.02. The van der Waals surface area contributed by atoms with Gasteiger partial charge in [0, 0.05) is 35.8 Å². The van der Waals surface area contributed by atoms with Gasteiger partial charge in [0.1, 0.15) is 5.75 Å². The third-order valence-corrected chi connectivity index (χ3v) is 5.04. The number of carbonyl (C=O) groups is 1. The van der Waals surface area contributed by atoms with Crippen LogP contribution < -0.4 is 15.0 Å². The van der Waals surface area contributed by atoms with Crippen molar-refractivity contribution in [3.8, 4) is 17.0 Å². The van der Waals surface area contributed by atoms with E-state index in [2.05, 4.69) is 20.2 Å². The minimum absolute atomic E-state index is 0.534. The zero-order valence-corrected chi connectivity index (χ0v) is 19.5. The monoisotopic (exact) mass is 437 g/mol. The van der Waals surface area contributed by atoms with Gasteiger partial charge in [-0.25, -0.2) is 14.8 Å². The highest BCUT2D eigenvalue weighted by atomic mass is 16.5. The summed E-state index contributed by atoms with van der Waals surface area (Å²) in [4.78, 5) is 24.7. The van der Waals surface area contributed by atoms with E-state index in [0.717, 1.165) is 29.4 Å². The second kappa shape index (κ2) is 9.40. The van der Waals surface area contributed by atoms with Crippen LogP contribution in [0.5, 0.6) is 5.75 Å². The summed E-state index contributed by atoms with van der Waals surface area (Å²) in [6, 6.07) is 11.4. The van der Waals surface area contributed by atoms with Gasteiger partial charge in [0.25, 0.3) is 0 Å². The summed E-state index contributed by atoms with van der Waals surface area (Å²) in [6.07, 6.45) is 0.684. The van der Waals surface area contributed by atoms with E-state index in [-0.39, 0.29) is 0 Å². The predicted octanol–water partition coefficient (Wildman–Crippen LogP) is 4.56. The molecule has 8 heteroatoms. The van der Waals surface area contributed by atoms with Gasteiger partial charge in [0.05, 0.1) is 18.5 Å². The average molecular weight is 438 g/mol. The second-order valence-electron chi connectivity index (χ2n) is 8.87. The van der Waals surface area contributed by atoms with Gasteiger partial charge in [0.2, 0.25) is 5.95 Å². The summed E-state index contributed by atoms with van der Waals surface area (Å²) in [7, 11) is 5.61. The fourth-order valence-electron chi connectivity index (χ4n) is 3.52. The first-order chi connectivity index (χ1) is 15.1. The third-order valence-electron chi connectivity index (χ3n) is 5.04. The molecule has 0 fully saturated rings. The summed E-state index contributed by atoms with van der Waals surface area (Å²) < 4.78 is 5.39. The predicted molar refractivity (Wildman–Crippen MR) is 129 cm³/mol. The lowest BCUT2D eigenvalue weighted by Gasteiger charge is -2.34. The van der Waals surface area contributed by atoms with Crippen LogP contribution in [0.15, 0.2) is 42.6 Å². The van der Waals surface area contributed by atoms with Crippen LogP contribution in [-0.4, -0.2) is 65.9 Å². The molecule has 2 N–H and O–H groups in total. The van der Waals surface area contributed by atoms with E-state index < -0.39 is 11.6 Å². The number of amides is 1. The van der Waals surface area contributed by atoms with E-state index in [1.165, 1.54) is 4.90 Å². The van der Waals surface area contributed by atoms with Crippen LogP contribution in [0, 0.1) is 0 Å². The molecule has 1 heterocycles. The fraction of sp³-hybridized carbons (Fsp3) is 0.375. The van der Waals surface area contributed by atoms with Crippen molar-refractivity contribution >= 4 is 28.5 Å². The zero-order chi connectivity index (χ0) is 23.5. The summed E-state index contributed by atoms with van der Waals surface area (Å²) in [5.41, 5.74) is 1.46.